The molecule has 1 unspecified atom stereocenters. The Hall–Kier alpha value is -2.86. The molecule has 1 aliphatic rings. The normalized spacial score (nSPS) is 16.3. The molecular formula is C22H19FN2O2S. The second-order valence-electron chi connectivity index (χ2n) is 6.64. The van der Waals surface area contributed by atoms with E-state index in [-0.39, 0.29) is 11.9 Å². The Morgan fingerprint density at radius 2 is 1.89 bits per heavy atom. The SMILES string of the molecule is CC1CN(c2ccc(-c3ccc(SCc4ccncc4)cc3)c(F)c2)C(=O)O1. The first-order chi connectivity index (χ1) is 13.6. The predicted octanol–water partition coefficient (Wildman–Crippen LogP) is 5.53. The van der Waals surface area contributed by atoms with E-state index in [2.05, 4.69) is 4.98 Å². The summed E-state index contributed by atoms with van der Waals surface area (Å²) in [5.41, 5.74) is 3.03. The van der Waals surface area contributed by atoms with E-state index in [1.807, 2.05) is 43.3 Å². The number of pyridine rings is 1. The zero-order chi connectivity index (χ0) is 19.5. The lowest BCUT2D eigenvalue weighted by Crippen LogP contribution is -2.24. The monoisotopic (exact) mass is 394 g/mol. The number of anilines is 1. The highest BCUT2D eigenvalue weighted by Gasteiger charge is 2.29. The molecule has 4 rings (SSSR count). The number of amides is 1. The van der Waals surface area contributed by atoms with E-state index in [0.29, 0.717) is 17.8 Å². The third kappa shape index (κ3) is 4.02. The van der Waals surface area contributed by atoms with E-state index in [9.17, 15) is 9.18 Å². The molecule has 2 aromatic carbocycles. The molecule has 0 radical (unpaired) electrons. The van der Waals surface area contributed by atoms with Gasteiger partial charge in [-0.05, 0) is 60.5 Å². The fourth-order valence-corrected chi connectivity index (χ4v) is 3.95. The van der Waals surface area contributed by atoms with Gasteiger partial charge in [0.2, 0.25) is 0 Å². The summed E-state index contributed by atoms with van der Waals surface area (Å²) in [6.07, 6.45) is 2.95. The molecule has 4 nitrogen and oxygen atoms in total. The Morgan fingerprint density at radius 1 is 1.14 bits per heavy atom. The Labute approximate surface area is 167 Å². The number of aromatic nitrogens is 1. The molecule has 1 aliphatic heterocycles. The average molecular weight is 394 g/mol. The van der Waals surface area contributed by atoms with Crippen molar-refractivity contribution in [3.05, 3.63) is 78.4 Å². The van der Waals surface area contributed by atoms with Gasteiger partial charge in [-0.3, -0.25) is 9.88 Å². The summed E-state index contributed by atoms with van der Waals surface area (Å²) in [6.45, 7) is 2.25. The average Bonchev–Trinajstić information content (AvgIpc) is 3.06. The van der Waals surface area contributed by atoms with Crippen LogP contribution in [0, 0.1) is 5.82 Å². The summed E-state index contributed by atoms with van der Waals surface area (Å²) < 4.78 is 19.8. The maximum Gasteiger partial charge on any atom is 0.414 e. The molecule has 6 heteroatoms. The van der Waals surface area contributed by atoms with E-state index >= 15 is 0 Å². The zero-order valence-electron chi connectivity index (χ0n) is 15.3. The molecule has 1 fully saturated rings. The number of carbonyl (C=O) groups excluding carboxylic acids is 1. The molecule has 28 heavy (non-hydrogen) atoms. The van der Waals surface area contributed by atoms with Gasteiger partial charge in [0.15, 0.2) is 0 Å². The first kappa shape index (κ1) is 18.5. The largest absolute Gasteiger partial charge is 0.444 e. The molecule has 1 amide bonds. The van der Waals surface area contributed by atoms with Crippen LogP contribution in [-0.4, -0.2) is 23.7 Å². The quantitative estimate of drug-likeness (QED) is 0.534. The maximum atomic E-state index is 14.7. The summed E-state index contributed by atoms with van der Waals surface area (Å²) in [4.78, 5) is 18.4. The van der Waals surface area contributed by atoms with Crippen LogP contribution in [0.15, 0.2) is 71.9 Å². The van der Waals surface area contributed by atoms with Crippen molar-refractivity contribution in [3.63, 3.8) is 0 Å². The topological polar surface area (TPSA) is 42.4 Å². The molecule has 0 spiro atoms. The smallest absolute Gasteiger partial charge is 0.414 e. The zero-order valence-corrected chi connectivity index (χ0v) is 16.2. The number of thioether (sulfide) groups is 1. The van der Waals surface area contributed by atoms with E-state index < -0.39 is 6.09 Å². The van der Waals surface area contributed by atoms with E-state index in [1.54, 1.807) is 36.3 Å². The van der Waals surface area contributed by atoms with Crippen molar-refractivity contribution in [1.82, 2.24) is 4.98 Å². The van der Waals surface area contributed by atoms with Crippen LogP contribution in [0.4, 0.5) is 14.9 Å². The van der Waals surface area contributed by atoms with Gasteiger partial charge >= 0.3 is 6.09 Å². The van der Waals surface area contributed by atoms with Crippen LogP contribution < -0.4 is 4.90 Å². The molecule has 2 heterocycles. The summed E-state index contributed by atoms with van der Waals surface area (Å²) in [7, 11) is 0. The Morgan fingerprint density at radius 3 is 2.54 bits per heavy atom. The van der Waals surface area contributed by atoms with Gasteiger partial charge in [-0.25, -0.2) is 9.18 Å². The van der Waals surface area contributed by atoms with Crippen molar-refractivity contribution in [1.29, 1.82) is 0 Å². The highest BCUT2D eigenvalue weighted by molar-refractivity contribution is 7.98. The van der Waals surface area contributed by atoms with Gasteiger partial charge in [0, 0.05) is 28.6 Å². The predicted molar refractivity (Wildman–Crippen MR) is 109 cm³/mol. The van der Waals surface area contributed by atoms with Crippen molar-refractivity contribution in [2.24, 2.45) is 0 Å². The number of hydrogen-bond acceptors (Lipinski definition) is 4. The van der Waals surface area contributed by atoms with Crippen molar-refractivity contribution in [2.75, 3.05) is 11.4 Å². The van der Waals surface area contributed by atoms with Gasteiger partial charge in [-0.1, -0.05) is 12.1 Å². The van der Waals surface area contributed by atoms with Crippen molar-refractivity contribution in [3.8, 4) is 11.1 Å². The first-order valence-corrected chi connectivity index (χ1v) is 9.98. The second-order valence-corrected chi connectivity index (χ2v) is 7.69. The lowest BCUT2D eigenvalue weighted by Gasteiger charge is -2.14. The number of benzene rings is 2. The third-order valence-electron chi connectivity index (χ3n) is 4.55. The minimum atomic E-state index is -0.435. The highest BCUT2D eigenvalue weighted by atomic mass is 32.2. The molecular weight excluding hydrogens is 375 g/mol. The molecule has 1 saturated heterocycles. The lowest BCUT2D eigenvalue weighted by atomic mass is 10.0. The summed E-state index contributed by atoms with van der Waals surface area (Å²) in [5.74, 6) is 0.497. The van der Waals surface area contributed by atoms with Crippen LogP contribution >= 0.6 is 11.8 Å². The molecule has 0 aliphatic carbocycles. The fraction of sp³-hybridized carbons (Fsp3) is 0.182. The molecule has 1 aromatic heterocycles. The number of nitrogens with zero attached hydrogens (tertiary/aromatic N) is 2. The maximum absolute atomic E-state index is 14.7. The van der Waals surface area contributed by atoms with Gasteiger partial charge < -0.3 is 4.74 Å². The van der Waals surface area contributed by atoms with Crippen molar-refractivity contribution in [2.45, 2.75) is 23.7 Å². The van der Waals surface area contributed by atoms with Gasteiger partial charge in [-0.2, -0.15) is 0 Å². The van der Waals surface area contributed by atoms with Gasteiger partial charge in [0.1, 0.15) is 11.9 Å². The van der Waals surface area contributed by atoms with Crippen LogP contribution in [0.3, 0.4) is 0 Å². The number of rotatable bonds is 5. The number of hydrogen-bond donors (Lipinski definition) is 0. The Kier molecular flexibility index (Phi) is 5.30. The fourth-order valence-electron chi connectivity index (χ4n) is 3.10. The number of cyclic esters (lactones) is 1. The number of ether oxygens (including phenoxy) is 1. The van der Waals surface area contributed by atoms with Gasteiger partial charge in [0.25, 0.3) is 0 Å². The number of carbonyl (C=O) groups is 1. The second kappa shape index (κ2) is 8.02. The lowest BCUT2D eigenvalue weighted by molar-refractivity contribution is 0.150. The summed E-state index contributed by atoms with van der Waals surface area (Å²) in [5, 5.41) is 0. The minimum Gasteiger partial charge on any atom is -0.444 e. The highest BCUT2D eigenvalue weighted by Crippen LogP contribution is 2.31. The molecule has 3 aromatic rings. The third-order valence-corrected chi connectivity index (χ3v) is 5.63. The van der Waals surface area contributed by atoms with E-state index in [1.165, 1.54) is 16.5 Å². The van der Waals surface area contributed by atoms with Crippen molar-refractivity contribution >= 4 is 23.5 Å². The van der Waals surface area contributed by atoms with Crippen LogP contribution in [0.5, 0.6) is 0 Å². The van der Waals surface area contributed by atoms with Crippen LogP contribution in [0.1, 0.15) is 12.5 Å². The molecule has 0 saturated carbocycles. The summed E-state index contributed by atoms with van der Waals surface area (Å²) in [6, 6.07) is 16.7. The van der Waals surface area contributed by atoms with Gasteiger partial charge in [-0.15, -0.1) is 11.8 Å². The molecule has 0 N–H and O–H groups in total. The molecule has 142 valence electrons. The molecule has 0 bridgehead atoms. The Bertz CT molecular complexity index is 980. The van der Waals surface area contributed by atoms with Crippen LogP contribution in [0.25, 0.3) is 11.1 Å². The van der Waals surface area contributed by atoms with E-state index in [0.717, 1.165) is 16.2 Å². The number of halogens is 1. The van der Waals surface area contributed by atoms with E-state index in [4.69, 9.17) is 4.74 Å². The first-order valence-electron chi connectivity index (χ1n) is 9.00. The van der Waals surface area contributed by atoms with Crippen molar-refractivity contribution < 1.29 is 13.9 Å². The standard InChI is InChI=1S/C22H19FN2O2S/c1-15-13-25(22(26)27-15)18-4-7-20(21(23)12-18)17-2-5-19(6-3-17)28-14-16-8-10-24-11-9-16/h2-12,15H,13-14H2,1H3. The summed E-state index contributed by atoms with van der Waals surface area (Å²) >= 11 is 1.72. The van der Waals surface area contributed by atoms with Crippen LogP contribution in [0.2, 0.25) is 0 Å². The molecule has 1 atom stereocenters. The minimum absolute atomic E-state index is 0.188. The Balaban J connectivity index is 1.47. The van der Waals surface area contributed by atoms with Gasteiger partial charge in [0.05, 0.1) is 12.2 Å². The van der Waals surface area contributed by atoms with Crippen LogP contribution in [-0.2, 0) is 10.5 Å².